The number of pyridine rings is 1. The molecule has 3 rings (SSSR count). The molecule has 1 amide bonds. The minimum Gasteiger partial charge on any atom is -0.369 e. The van der Waals surface area contributed by atoms with E-state index in [1.165, 1.54) is 12.1 Å². The molecule has 1 aromatic carbocycles. The normalized spacial score (nSPS) is 15.5. The van der Waals surface area contributed by atoms with Gasteiger partial charge in [-0.25, -0.2) is 4.39 Å². The average molecular weight is 314 g/mol. The van der Waals surface area contributed by atoms with E-state index >= 15 is 0 Å². The van der Waals surface area contributed by atoms with Crippen LogP contribution in [0.1, 0.15) is 10.5 Å². The molecule has 1 aliphatic heterocycles. The quantitative estimate of drug-likeness (QED) is 0.944. The van der Waals surface area contributed by atoms with Crippen LogP contribution in [0.2, 0.25) is 0 Å². The molecule has 0 atom stereocenters. The Balaban J connectivity index is 1.72. The first-order valence-electron chi connectivity index (χ1n) is 7.58. The van der Waals surface area contributed by atoms with E-state index in [2.05, 4.69) is 27.1 Å². The van der Waals surface area contributed by atoms with Gasteiger partial charge < -0.3 is 15.1 Å². The van der Waals surface area contributed by atoms with Crippen molar-refractivity contribution in [2.45, 2.75) is 0 Å². The van der Waals surface area contributed by atoms with E-state index in [1.54, 1.807) is 24.4 Å². The lowest BCUT2D eigenvalue weighted by atomic mass is 10.2. The van der Waals surface area contributed by atoms with Crippen LogP contribution in [0.5, 0.6) is 0 Å². The number of carbonyl (C=O) groups excluding carboxylic acids is 1. The van der Waals surface area contributed by atoms with Crippen molar-refractivity contribution < 1.29 is 9.18 Å². The van der Waals surface area contributed by atoms with E-state index in [9.17, 15) is 9.18 Å². The summed E-state index contributed by atoms with van der Waals surface area (Å²) in [4.78, 5) is 20.9. The first-order valence-corrected chi connectivity index (χ1v) is 7.58. The first kappa shape index (κ1) is 15.4. The van der Waals surface area contributed by atoms with Gasteiger partial charge in [-0.1, -0.05) is 6.07 Å². The van der Waals surface area contributed by atoms with Gasteiger partial charge in [-0.3, -0.25) is 9.78 Å². The molecule has 1 aliphatic rings. The van der Waals surface area contributed by atoms with Crippen LogP contribution in [-0.2, 0) is 0 Å². The summed E-state index contributed by atoms with van der Waals surface area (Å²) in [7, 11) is 2.10. The van der Waals surface area contributed by atoms with E-state index in [-0.39, 0.29) is 11.7 Å². The lowest BCUT2D eigenvalue weighted by Gasteiger charge is -2.34. The Morgan fingerprint density at radius 3 is 2.70 bits per heavy atom. The summed E-state index contributed by atoms with van der Waals surface area (Å²) >= 11 is 0. The summed E-state index contributed by atoms with van der Waals surface area (Å²) in [6.45, 7) is 3.83. The zero-order valence-electron chi connectivity index (χ0n) is 13.0. The van der Waals surface area contributed by atoms with Gasteiger partial charge in [-0.05, 0) is 37.4 Å². The molecule has 5 nitrogen and oxygen atoms in total. The van der Waals surface area contributed by atoms with E-state index in [4.69, 9.17) is 0 Å². The van der Waals surface area contributed by atoms with E-state index in [0.29, 0.717) is 11.4 Å². The van der Waals surface area contributed by atoms with Crippen LogP contribution in [0.15, 0.2) is 42.6 Å². The number of halogens is 1. The number of carbonyl (C=O) groups is 1. The molecule has 0 unspecified atom stereocenters. The van der Waals surface area contributed by atoms with Gasteiger partial charge in [0.25, 0.3) is 5.91 Å². The molecule has 0 bridgehead atoms. The van der Waals surface area contributed by atoms with Crippen molar-refractivity contribution in [2.24, 2.45) is 0 Å². The van der Waals surface area contributed by atoms with Crippen molar-refractivity contribution in [1.29, 1.82) is 0 Å². The Morgan fingerprint density at radius 2 is 1.96 bits per heavy atom. The van der Waals surface area contributed by atoms with Gasteiger partial charge in [0.15, 0.2) is 0 Å². The van der Waals surface area contributed by atoms with Crippen molar-refractivity contribution in [2.75, 3.05) is 43.4 Å². The fraction of sp³-hybridized carbons (Fsp3) is 0.294. The maximum Gasteiger partial charge on any atom is 0.274 e. The number of aromatic nitrogens is 1. The van der Waals surface area contributed by atoms with Gasteiger partial charge in [0, 0.05) is 43.8 Å². The molecular weight excluding hydrogens is 295 g/mol. The number of nitrogens with one attached hydrogen (secondary N) is 1. The maximum absolute atomic E-state index is 13.2. The predicted molar refractivity (Wildman–Crippen MR) is 88.3 cm³/mol. The molecule has 1 N–H and O–H groups in total. The lowest BCUT2D eigenvalue weighted by Crippen LogP contribution is -2.44. The number of amides is 1. The third-order valence-electron chi connectivity index (χ3n) is 3.93. The largest absolute Gasteiger partial charge is 0.369 e. The Labute approximate surface area is 134 Å². The fourth-order valence-electron chi connectivity index (χ4n) is 2.57. The van der Waals surface area contributed by atoms with Crippen molar-refractivity contribution in [3.63, 3.8) is 0 Å². The van der Waals surface area contributed by atoms with Gasteiger partial charge in [0.1, 0.15) is 11.5 Å². The second kappa shape index (κ2) is 6.75. The molecule has 2 aromatic rings. The number of nitrogens with zero attached hydrogens (tertiary/aromatic N) is 3. The van der Waals surface area contributed by atoms with Gasteiger partial charge in [0.2, 0.25) is 0 Å². The van der Waals surface area contributed by atoms with Crippen LogP contribution in [0, 0.1) is 5.82 Å². The number of hydrogen-bond acceptors (Lipinski definition) is 4. The fourth-order valence-corrected chi connectivity index (χ4v) is 2.57. The molecule has 2 heterocycles. The third-order valence-corrected chi connectivity index (χ3v) is 3.93. The van der Waals surface area contributed by atoms with Crippen LogP contribution in [-0.4, -0.2) is 49.0 Å². The third kappa shape index (κ3) is 3.84. The molecule has 0 spiro atoms. The molecule has 6 heteroatoms. The van der Waals surface area contributed by atoms with Crippen LogP contribution < -0.4 is 10.2 Å². The molecule has 1 aromatic heterocycles. The lowest BCUT2D eigenvalue weighted by molar-refractivity contribution is 0.102. The highest BCUT2D eigenvalue weighted by atomic mass is 19.1. The zero-order valence-corrected chi connectivity index (χ0v) is 13.0. The van der Waals surface area contributed by atoms with E-state index in [0.717, 1.165) is 31.9 Å². The maximum atomic E-state index is 13.2. The zero-order chi connectivity index (χ0) is 16.2. The summed E-state index contributed by atoms with van der Waals surface area (Å²) in [6, 6.07) is 9.50. The van der Waals surface area contributed by atoms with Crippen molar-refractivity contribution in [3.8, 4) is 0 Å². The molecule has 1 fully saturated rings. The van der Waals surface area contributed by atoms with Crippen molar-refractivity contribution in [3.05, 3.63) is 54.1 Å². The number of hydrogen-bond donors (Lipinski definition) is 1. The SMILES string of the molecule is CN1CCN(c2ccnc(C(=O)Nc3cccc(F)c3)c2)CC1. The van der Waals surface area contributed by atoms with Crippen LogP contribution in [0.4, 0.5) is 15.8 Å². The van der Waals surface area contributed by atoms with Gasteiger partial charge >= 0.3 is 0 Å². The molecule has 120 valence electrons. The Bertz CT molecular complexity index is 698. The molecule has 0 saturated carbocycles. The number of likely N-dealkylation sites (N-methyl/N-ethyl adjacent to an activating group) is 1. The van der Waals surface area contributed by atoms with Crippen molar-refractivity contribution in [1.82, 2.24) is 9.88 Å². The highest BCUT2D eigenvalue weighted by Gasteiger charge is 2.16. The second-order valence-electron chi connectivity index (χ2n) is 5.65. The van der Waals surface area contributed by atoms with Crippen molar-refractivity contribution >= 4 is 17.3 Å². The highest BCUT2D eigenvalue weighted by Crippen LogP contribution is 2.17. The highest BCUT2D eigenvalue weighted by molar-refractivity contribution is 6.03. The van der Waals surface area contributed by atoms with Crippen LogP contribution in [0.3, 0.4) is 0 Å². The minimum atomic E-state index is -0.387. The number of piperazine rings is 1. The Hall–Kier alpha value is -2.47. The van der Waals surface area contributed by atoms with Gasteiger partial charge in [-0.2, -0.15) is 0 Å². The Morgan fingerprint density at radius 1 is 1.17 bits per heavy atom. The number of anilines is 2. The van der Waals surface area contributed by atoms with Crippen LogP contribution >= 0.6 is 0 Å². The molecule has 0 radical (unpaired) electrons. The van der Waals surface area contributed by atoms with Gasteiger partial charge in [0.05, 0.1) is 0 Å². The first-order chi connectivity index (χ1) is 11.1. The summed E-state index contributed by atoms with van der Waals surface area (Å²) < 4.78 is 13.2. The minimum absolute atomic E-state index is 0.325. The monoisotopic (exact) mass is 314 g/mol. The second-order valence-corrected chi connectivity index (χ2v) is 5.65. The summed E-state index contributed by atoms with van der Waals surface area (Å²) in [5, 5.41) is 2.67. The summed E-state index contributed by atoms with van der Waals surface area (Å²) in [6.07, 6.45) is 1.63. The molecule has 0 aliphatic carbocycles. The summed E-state index contributed by atoms with van der Waals surface area (Å²) in [5.41, 5.74) is 1.73. The summed E-state index contributed by atoms with van der Waals surface area (Å²) in [5.74, 6) is -0.728. The average Bonchev–Trinajstić information content (AvgIpc) is 2.56. The smallest absolute Gasteiger partial charge is 0.274 e. The predicted octanol–water partition coefficient (Wildman–Crippen LogP) is 2.22. The number of benzene rings is 1. The van der Waals surface area contributed by atoms with Crippen LogP contribution in [0.25, 0.3) is 0 Å². The standard InChI is InChI=1S/C17H19FN4O/c1-21-7-9-22(10-8-21)15-5-6-19-16(12-15)17(23)20-14-4-2-3-13(18)11-14/h2-6,11-12H,7-10H2,1H3,(H,20,23). The van der Waals surface area contributed by atoms with E-state index in [1.807, 2.05) is 6.07 Å². The number of rotatable bonds is 3. The molecule has 23 heavy (non-hydrogen) atoms. The Kier molecular flexibility index (Phi) is 4.52. The molecule has 1 saturated heterocycles. The molecular formula is C17H19FN4O. The van der Waals surface area contributed by atoms with E-state index < -0.39 is 0 Å². The topological polar surface area (TPSA) is 48.5 Å². The van der Waals surface area contributed by atoms with Gasteiger partial charge in [-0.15, -0.1) is 0 Å².